The largest absolute Gasteiger partial charge is 0.371 e. The van der Waals surface area contributed by atoms with Crippen LogP contribution in [0.4, 0.5) is 5.69 Å². The predicted molar refractivity (Wildman–Crippen MR) is 60.6 cm³/mol. The zero-order valence-corrected chi connectivity index (χ0v) is 8.85. The summed E-state index contributed by atoms with van der Waals surface area (Å²) in [5, 5.41) is 8.69. The van der Waals surface area contributed by atoms with Gasteiger partial charge in [-0.15, -0.1) is 0 Å². The van der Waals surface area contributed by atoms with Gasteiger partial charge in [0.15, 0.2) is 0 Å². The molecule has 2 N–H and O–H groups in total. The van der Waals surface area contributed by atoms with Crippen molar-refractivity contribution in [2.24, 2.45) is 5.73 Å². The Balaban J connectivity index is 2.06. The van der Waals surface area contributed by atoms with E-state index in [1.54, 1.807) is 0 Å². The second kappa shape index (κ2) is 3.92. The molecular formula is C12H15N3. The zero-order chi connectivity index (χ0) is 10.8. The molecule has 0 amide bonds. The maximum Gasteiger partial charge on any atom is 0.0991 e. The van der Waals surface area contributed by atoms with E-state index in [1.807, 2.05) is 24.3 Å². The number of nitrogens with two attached hydrogens (primary N) is 1. The van der Waals surface area contributed by atoms with Crippen LogP contribution in [0.5, 0.6) is 0 Å². The molecule has 1 aromatic carbocycles. The van der Waals surface area contributed by atoms with Crippen LogP contribution in [0.1, 0.15) is 18.4 Å². The average Bonchev–Trinajstić information content (AvgIpc) is 2.24. The van der Waals surface area contributed by atoms with Crippen LogP contribution in [-0.4, -0.2) is 19.1 Å². The first-order valence-corrected chi connectivity index (χ1v) is 5.19. The first kappa shape index (κ1) is 10.0. The maximum absolute atomic E-state index is 8.69. The van der Waals surface area contributed by atoms with E-state index in [4.69, 9.17) is 11.0 Å². The topological polar surface area (TPSA) is 53.0 Å². The molecule has 1 aliphatic rings. The van der Waals surface area contributed by atoms with Crippen LogP contribution in [0.2, 0.25) is 0 Å². The van der Waals surface area contributed by atoms with Crippen LogP contribution in [0, 0.1) is 11.3 Å². The van der Waals surface area contributed by atoms with E-state index in [9.17, 15) is 0 Å². The summed E-state index contributed by atoms with van der Waals surface area (Å²) in [6.07, 6.45) is 2.13. The standard InChI is InChI=1S/C12H15N3/c1-15(12-6-10(14)7-12)11-4-2-9(8-13)3-5-11/h2-5,10,12H,6-7,14H2,1H3. The number of rotatable bonds is 2. The van der Waals surface area contributed by atoms with E-state index in [0.29, 0.717) is 17.6 Å². The molecule has 0 saturated heterocycles. The van der Waals surface area contributed by atoms with Gasteiger partial charge in [-0.3, -0.25) is 0 Å². The first-order chi connectivity index (χ1) is 7.20. The predicted octanol–water partition coefficient (Wildman–Crippen LogP) is 1.48. The van der Waals surface area contributed by atoms with Crippen molar-refractivity contribution in [2.45, 2.75) is 24.9 Å². The van der Waals surface area contributed by atoms with E-state index >= 15 is 0 Å². The van der Waals surface area contributed by atoms with Crippen LogP contribution >= 0.6 is 0 Å². The molecule has 0 radical (unpaired) electrons. The Morgan fingerprint density at radius 1 is 1.33 bits per heavy atom. The minimum Gasteiger partial charge on any atom is -0.371 e. The Bertz CT molecular complexity index is 371. The van der Waals surface area contributed by atoms with E-state index < -0.39 is 0 Å². The van der Waals surface area contributed by atoms with E-state index in [1.165, 1.54) is 0 Å². The van der Waals surface area contributed by atoms with E-state index in [2.05, 4.69) is 18.0 Å². The molecule has 78 valence electrons. The Labute approximate surface area is 90.1 Å². The smallest absolute Gasteiger partial charge is 0.0991 e. The molecule has 2 rings (SSSR count). The van der Waals surface area contributed by atoms with Gasteiger partial charge in [-0.25, -0.2) is 0 Å². The Kier molecular flexibility index (Phi) is 2.61. The third kappa shape index (κ3) is 1.95. The van der Waals surface area contributed by atoms with Gasteiger partial charge in [0.25, 0.3) is 0 Å². The van der Waals surface area contributed by atoms with Crippen molar-refractivity contribution in [3.63, 3.8) is 0 Å². The lowest BCUT2D eigenvalue weighted by Gasteiger charge is -2.40. The number of benzene rings is 1. The van der Waals surface area contributed by atoms with Crippen LogP contribution in [0.15, 0.2) is 24.3 Å². The molecule has 1 saturated carbocycles. The maximum atomic E-state index is 8.69. The lowest BCUT2D eigenvalue weighted by atomic mass is 9.86. The Hall–Kier alpha value is -1.53. The normalized spacial score (nSPS) is 24.1. The molecule has 0 spiro atoms. The second-order valence-corrected chi connectivity index (χ2v) is 4.15. The summed E-state index contributed by atoms with van der Waals surface area (Å²) in [6.45, 7) is 0. The summed E-state index contributed by atoms with van der Waals surface area (Å²) in [6, 6.07) is 10.7. The molecule has 3 nitrogen and oxygen atoms in total. The van der Waals surface area contributed by atoms with Gasteiger partial charge >= 0.3 is 0 Å². The van der Waals surface area contributed by atoms with Crippen molar-refractivity contribution in [3.8, 4) is 6.07 Å². The Morgan fingerprint density at radius 2 is 1.93 bits per heavy atom. The molecule has 1 aliphatic carbocycles. The quantitative estimate of drug-likeness (QED) is 0.788. The van der Waals surface area contributed by atoms with Crippen LogP contribution in [-0.2, 0) is 0 Å². The molecule has 15 heavy (non-hydrogen) atoms. The summed E-state index contributed by atoms with van der Waals surface area (Å²) in [5.74, 6) is 0. The second-order valence-electron chi connectivity index (χ2n) is 4.15. The fourth-order valence-corrected chi connectivity index (χ4v) is 1.93. The van der Waals surface area contributed by atoms with Crippen molar-refractivity contribution < 1.29 is 0 Å². The summed E-state index contributed by atoms with van der Waals surface area (Å²) in [4.78, 5) is 2.24. The molecule has 0 aromatic heterocycles. The van der Waals surface area contributed by atoms with Crippen molar-refractivity contribution in [1.29, 1.82) is 5.26 Å². The van der Waals surface area contributed by atoms with Gasteiger partial charge in [-0.2, -0.15) is 5.26 Å². The molecule has 1 aromatic rings. The zero-order valence-electron chi connectivity index (χ0n) is 8.85. The molecule has 0 bridgehead atoms. The van der Waals surface area contributed by atoms with Crippen molar-refractivity contribution in [3.05, 3.63) is 29.8 Å². The van der Waals surface area contributed by atoms with Gasteiger partial charge in [-0.1, -0.05) is 0 Å². The van der Waals surface area contributed by atoms with Crippen LogP contribution in [0.3, 0.4) is 0 Å². The minimum absolute atomic E-state index is 0.371. The van der Waals surface area contributed by atoms with Crippen molar-refractivity contribution in [2.75, 3.05) is 11.9 Å². The number of hydrogen-bond donors (Lipinski definition) is 1. The van der Waals surface area contributed by atoms with E-state index in [0.717, 1.165) is 18.5 Å². The highest BCUT2D eigenvalue weighted by atomic mass is 15.1. The van der Waals surface area contributed by atoms with Gasteiger partial charge < -0.3 is 10.6 Å². The fourth-order valence-electron chi connectivity index (χ4n) is 1.93. The molecule has 3 heteroatoms. The van der Waals surface area contributed by atoms with Crippen LogP contribution in [0.25, 0.3) is 0 Å². The van der Waals surface area contributed by atoms with Crippen molar-refractivity contribution in [1.82, 2.24) is 0 Å². The molecule has 1 fully saturated rings. The lowest BCUT2D eigenvalue weighted by molar-refractivity contribution is 0.340. The number of nitriles is 1. The third-order valence-electron chi connectivity index (χ3n) is 3.10. The third-order valence-corrected chi connectivity index (χ3v) is 3.10. The summed E-state index contributed by atoms with van der Waals surface area (Å²) >= 11 is 0. The molecule has 0 atom stereocenters. The summed E-state index contributed by atoms with van der Waals surface area (Å²) in [5.41, 5.74) is 7.62. The van der Waals surface area contributed by atoms with Gasteiger partial charge in [0.2, 0.25) is 0 Å². The van der Waals surface area contributed by atoms with Crippen LogP contribution < -0.4 is 10.6 Å². The first-order valence-electron chi connectivity index (χ1n) is 5.19. The summed E-state index contributed by atoms with van der Waals surface area (Å²) < 4.78 is 0. The Morgan fingerprint density at radius 3 is 2.40 bits per heavy atom. The number of anilines is 1. The van der Waals surface area contributed by atoms with E-state index in [-0.39, 0.29) is 0 Å². The summed E-state index contributed by atoms with van der Waals surface area (Å²) in [7, 11) is 2.08. The van der Waals surface area contributed by atoms with Gasteiger partial charge in [0.05, 0.1) is 11.6 Å². The molecule has 0 heterocycles. The number of hydrogen-bond acceptors (Lipinski definition) is 3. The molecular weight excluding hydrogens is 186 g/mol. The molecule has 0 unspecified atom stereocenters. The van der Waals surface area contributed by atoms with Gasteiger partial charge in [-0.05, 0) is 37.1 Å². The van der Waals surface area contributed by atoms with Gasteiger partial charge in [0.1, 0.15) is 0 Å². The highest BCUT2D eigenvalue weighted by molar-refractivity contribution is 5.50. The monoisotopic (exact) mass is 201 g/mol. The fraction of sp³-hybridized carbons (Fsp3) is 0.417. The number of nitrogens with zero attached hydrogens (tertiary/aromatic N) is 2. The lowest BCUT2D eigenvalue weighted by Crippen LogP contribution is -2.49. The van der Waals surface area contributed by atoms with Crippen molar-refractivity contribution >= 4 is 5.69 Å². The SMILES string of the molecule is CN(c1ccc(C#N)cc1)C1CC(N)C1. The average molecular weight is 201 g/mol. The highest BCUT2D eigenvalue weighted by Crippen LogP contribution is 2.27. The minimum atomic E-state index is 0.371. The highest BCUT2D eigenvalue weighted by Gasteiger charge is 2.29. The molecule has 0 aliphatic heterocycles. The van der Waals surface area contributed by atoms with Gasteiger partial charge in [0, 0.05) is 24.8 Å².